The van der Waals surface area contributed by atoms with Crippen molar-refractivity contribution >= 4 is 5.91 Å². The molecule has 3 fully saturated rings. The van der Waals surface area contributed by atoms with E-state index in [9.17, 15) is 4.79 Å². The van der Waals surface area contributed by atoms with Crippen LogP contribution in [0.5, 0.6) is 0 Å². The quantitative estimate of drug-likeness (QED) is 0.639. The van der Waals surface area contributed by atoms with E-state index in [1.54, 1.807) is 0 Å². The summed E-state index contributed by atoms with van der Waals surface area (Å²) < 4.78 is 0. The van der Waals surface area contributed by atoms with Gasteiger partial charge in [0.15, 0.2) is 0 Å². The minimum absolute atomic E-state index is 0.0990. The van der Waals surface area contributed by atoms with Crippen molar-refractivity contribution in [2.45, 2.75) is 56.5 Å². The number of fused-ring (bicyclic) bond motifs is 4. The molecule has 5 rings (SSSR count). The van der Waals surface area contributed by atoms with Crippen LogP contribution >= 0.6 is 0 Å². The van der Waals surface area contributed by atoms with Crippen molar-refractivity contribution in [2.75, 3.05) is 40.3 Å². The van der Waals surface area contributed by atoms with Gasteiger partial charge < -0.3 is 9.80 Å². The third kappa shape index (κ3) is 4.35. The van der Waals surface area contributed by atoms with Crippen LogP contribution in [-0.4, -0.2) is 72.5 Å². The van der Waals surface area contributed by atoms with Gasteiger partial charge in [0.1, 0.15) is 0 Å². The van der Waals surface area contributed by atoms with Crippen LogP contribution in [0.4, 0.5) is 0 Å². The highest BCUT2D eigenvalue weighted by Gasteiger charge is 2.53. The summed E-state index contributed by atoms with van der Waals surface area (Å²) in [6.07, 6.45) is 3.24. The van der Waals surface area contributed by atoms with Crippen molar-refractivity contribution < 1.29 is 4.79 Å². The lowest BCUT2D eigenvalue weighted by molar-refractivity contribution is -0.135. The number of carbonyl (C=O) groups excluding carboxylic acids is 1. The molecule has 2 aromatic rings. The average Bonchev–Trinajstić information content (AvgIpc) is 3.12. The monoisotopic (exact) mass is 433 g/mol. The highest BCUT2D eigenvalue weighted by atomic mass is 16.2. The standard InChI is InChI=1S/C28H39N3O/c1-5-30(6-2)21-26(32)31-18-17-28(29(3)4)19-24(22-13-9-7-10-14-22)27(31)25(20-28)23-15-11-8-12-16-23/h7-16,24-25,27H,5-6,17-21H2,1-4H3/t24-,25-,27?,28?/m0/s1. The molecule has 0 aromatic heterocycles. The second-order valence-electron chi connectivity index (χ2n) is 9.85. The van der Waals surface area contributed by atoms with Crippen LogP contribution in [0.3, 0.4) is 0 Å². The fourth-order valence-corrected chi connectivity index (χ4v) is 6.18. The Morgan fingerprint density at radius 3 is 1.84 bits per heavy atom. The Balaban J connectivity index is 1.81. The Morgan fingerprint density at radius 1 is 0.906 bits per heavy atom. The van der Waals surface area contributed by atoms with Crippen molar-refractivity contribution in [3.8, 4) is 0 Å². The van der Waals surface area contributed by atoms with E-state index in [2.05, 4.69) is 103 Å². The van der Waals surface area contributed by atoms with Crippen LogP contribution < -0.4 is 0 Å². The topological polar surface area (TPSA) is 26.8 Å². The maximum absolute atomic E-state index is 13.8. The number of hydrogen-bond donors (Lipinski definition) is 0. The van der Waals surface area contributed by atoms with Crippen molar-refractivity contribution in [3.63, 3.8) is 0 Å². The molecule has 1 amide bonds. The number of amides is 1. The van der Waals surface area contributed by atoms with Crippen LogP contribution in [-0.2, 0) is 4.79 Å². The summed E-state index contributed by atoms with van der Waals surface area (Å²) in [5.74, 6) is 0.957. The Labute approximate surface area is 194 Å². The fraction of sp³-hybridized carbons (Fsp3) is 0.536. The third-order valence-corrected chi connectivity index (χ3v) is 8.18. The number of nitrogens with zero attached hydrogens (tertiary/aromatic N) is 3. The number of likely N-dealkylation sites (N-methyl/N-ethyl adjacent to an activating group) is 1. The summed E-state index contributed by atoms with van der Waals surface area (Å²) in [7, 11) is 4.47. The van der Waals surface area contributed by atoms with Crippen LogP contribution in [0.2, 0.25) is 0 Å². The molecule has 0 N–H and O–H groups in total. The largest absolute Gasteiger partial charge is 0.337 e. The van der Waals surface area contributed by atoms with Gasteiger partial charge in [0.25, 0.3) is 0 Å². The molecule has 4 heteroatoms. The normalized spacial score (nSPS) is 27.7. The summed E-state index contributed by atoms with van der Waals surface area (Å²) in [6.45, 7) is 7.47. The second kappa shape index (κ2) is 9.76. The van der Waals surface area contributed by atoms with E-state index in [4.69, 9.17) is 0 Å². The van der Waals surface area contributed by atoms with Gasteiger partial charge in [-0.1, -0.05) is 74.5 Å². The summed E-state index contributed by atoms with van der Waals surface area (Å²) >= 11 is 0. The molecule has 32 heavy (non-hydrogen) atoms. The van der Waals surface area contributed by atoms with Crippen LogP contribution in [0.25, 0.3) is 0 Å². The lowest BCUT2D eigenvalue weighted by Crippen LogP contribution is -2.54. The predicted molar refractivity (Wildman–Crippen MR) is 132 cm³/mol. The van der Waals surface area contributed by atoms with Gasteiger partial charge in [-0.05, 0) is 57.6 Å². The second-order valence-corrected chi connectivity index (χ2v) is 9.85. The summed E-state index contributed by atoms with van der Waals surface area (Å²) in [4.78, 5) is 20.7. The Kier molecular flexibility index (Phi) is 7.02. The van der Waals surface area contributed by atoms with Crippen molar-refractivity contribution in [3.05, 3.63) is 71.8 Å². The van der Waals surface area contributed by atoms with Gasteiger partial charge in [-0.25, -0.2) is 0 Å². The first-order valence-electron chi connectivity index (χ1n) is 12.3. The molecule has 0 radical (unpaired) electrons. The molecule has 2 bridgehead atoms. The molecule has 1 aliphatic carbocycles. The molecule has 3 aliphatic rings. The molecular weight excluding hydrogens is 394 g/mol. The summed E-state index contributed by atoms with van der Waals surface area (Å²) in [6, 6.07) is 22.0. The maximum atomic E-state index is 13.8. The number of rotatable bonds is 7. The van der Waals surface area contributed by atoms with Gasteiger partial charge in [-0.2, -0.15) is 0 Å². The van der Waals surface area contributed by atoms with Gasteiger partial charge >= 0.3 is 0 Å². The molecule has 172 valence electrons. The SMILES string of the molecule is CCN(CC)CC(=O)N1CCC2(N(C)C)C[C@@H](c3ccccc3)C1[C@H](c1ccccc1)C2. The predicted octanol–water partition coefficient (Wildman–Crippen LogP) is 4.59. The van der Waals surface area contributed by atoms with Gasteiger partial charge in [-0.3, -0.25) is 9.69 Å². The molecule has 2 aliphatic heterocycles. The zero-order chi connectivity index (χ0) is 22.7. The van der Waals surface area contributed by atoms with Crippen LogP contribution in [0, 0.1) is 0 Å². The van der Waals surface area contributed by atoms with Crippen molar-refractivity contribution in [1.82, 2.24) is 14.7 Å². The molecule has 2 atom stereocenters. The van der Waals surface area contributed by atoms with Crippen molar-refractivity contribution in [2.24, 2.45) is 0 Å². The first-order valence-corrected chi connectivity index (χ1v) is 12.3. The van der Waals surface area contributed by atoms with E-state index in [-0.39, 0.29) is 17.5 Å². The van der Waals surface area contributed by atoms with E-state index < -0.39 is 0 Å². The van der Waals surface area contributed by atoms with E-state index in [0.717, 1.165) is 38.9 Å². The van der Waals surface area contributed by atoms with Gasteiger partial charge in [-0.15, -0.1) is 0 Å². The average molecular weight is 434 g/mol. The van der Waals surface area contributed by atoms with E-state index in [0.29, 0.717) is 18.4 Å². The molecule has 0 unspecified atom stereocenters. The number of hydrogen-bond acceptors (Lipinski definition) is 3. The fourth-order valence-electron chi connectivity index (χ4n) is 6.18. The van der Waals surface area contributed by atoms with Gasteiger partial charge in [0, 0.05) is 30.0 Å². The maximum Gasteiger partial charge on any atom is 0.237 e. The highest BCUT2D eigenvalue weighted by Crippen LogP contribution is 2.53. The van der Waals surface area contributed by atoms with Gasteiger partial charge in [0.2, 0.25) is 5.91 Å². The Bertz CT molecular complexity index is 829. The Morgan fingerprint density at radius 2 is 1.41 bits per heavy atom. The molecular formula is C28H39N3O. The Hall–Kier alpha value is -2.17. The van der Waals surface area contributed by atoms with Crippen LogP contribution in [0.15, 0.2) is 60.7 Å². The molecule has 2 saturated heterocycles. The van der Waals surface area contributed by atoms with Crippen LogP contribution in [0.1, 0.15) is 56.1 Å². The first-order chi connectivity index (χ1) is 15.5. The van der Waals surface area contributed by atoms with Gasteiger partial charge in [0.05, 0.1) is 6.54 Å². The highest BCUT2D eigenvalue weighted by molar-refractivity contribution is 5.79. The summed E-state index contributed by atoms with van der Waals surface area (Å²) in [5.41, 5.74) is 2.83. The molecule has 2 aromatic carbocycles. The molecule has 4 nitrogen and oxygen atoms in total. The molecule has 2 heterocycles. The first kappa shape index (κ1) is 23.0. The zero-order valence-electron chi connectivity index (χ0n) is 20.2. The lowest BCUT2D eigenvalue weighted by Gasteiger charge is -2.51. The smallest absolute Gasteiger partial charge is 0.237 e. The van der Waals surface area contributed by atoms with E-state index >= 15 is 0 Å². The van der Waals surface area contributed by atoms with E-state index in [1.807, 2.05) is 0 Å². The zero-order valence-corrected chi connectivity index (χ0v) is 20.2. The van der Waals surface area contributed by atoms with E-state index in [1.165, 1.54) is 11.1 Å². The third-order valence-electron chi connectivity index (χ3n) is 8.18. The number of carbonyl (C=O) groups is 1. The molecule has 1 saturated carbocycles. The molecule has 0 spiro atoms. The minimum Gasteiger partial charge on any atom is -0.337 e. The lowest BCUT2D eigenvalue weighted by atomic mass is 9.63. The summed E-state index contributed by atoms with van der Waals surface area (Å²) in [5, 5.41) is 0. The number of benzene rings is 2. The minimum atomic E-state index is 0.0990. The van der Waals surface area contributed by atoms with Crippen molar-refractivity contribution in [1.29, 1.82) is 0 Å².